The molecule has 1 rings (SSSR count). The number of nitrogens with zero attached hydrogens (tertiary/aromatic N) is 1. The van der Waals surface area contributed by atoms with E-state index in [2.05, 4.69) is 0 Å². The minimum atomic E-state index is -0.00564. The smallest absolute Gasteiger partial charge is 0.263 e. The van der Waals surface area contributed by atoms with Gasteiger partial charge in [-0.25, -0.2) is 0 Å². The van der Waals surface area contributed by atoms with Crippen LogP contribution in [0.2, 0.25) is 0 Å². The molecule has 0 bridgehead atoms. The third-order valence-corrected chi connectivity index (χ3v) is 2.60. The highest BCUT2D eigenvalue weighted by Crippen LogP contribution is 2.11. The van der Waals surface area contributed by atoms with Crippen LogP contribution in [-0.2, 0) is 0 Å². The van der Waals surface area contributed by atoms with Gasteiger partial charge in [0.15, 0.2) is 0 Å². The van der Waals surface area contributed by atoms with Crippen LogP contribution in [0.4, 0.5) is 0 Å². The van der Waals surface area contributed by atoms with Crippen molar-refractivity contribution in [2.75, 3.05) is 13.6 Å². The number of halogens is 1. The van der Waals surface area contributed by atoms with Crippen LogP contribution in [0.3, 0.4) is 0 Å². The van der Waals surface area contributed by atoms with Crippen LogP contribution in [0.5, 0.6) is 0 Å². The highest BCUT2D eigenvalue weighted by molar-refractivity contribution is 7.12. The lowest BCUT2D eigenvalue weighted by atomic mass is 10.3. The normalized spacial score (nSPS) is 12.5. The van der Waals surface area contributed by atoms with Gasteiger partial charge < -0.3 is 4.90 Å². The molecule has 1 aromatic heterocycles. The summed E-state index contributed by atoms with van der Waals surface area (Å²) in [6.07, 6.45) is 0. The van der Waals surface area contributed by atoms with E-state index in [4.69, 9.17) is 11.6 Å². The van der Waals surface area contributed by atoms with Crippen LogP contribution in [0.1, 0.15) is 16.6 Å². The molecule has 0 spiro atoms. The second kappa shape index (κ2) is 4.63. The van der Waals surface area contributed by atoms with Gasteiger partial charge in [-0.15, -0.1) is 22.9 Å². The highest BCUT2D eigenvalue weighted by atomic mass is 35.5. The summed E-state index contributed by atoms with van der Waals surface area (Å²) in [6.45, 7) is 2.46. The first-order chi connectivity index (χ1) is 6.11. The Hall–Kier alpha value is -0.540. The fourth-order valence-electron chi connectivity index (χ4n) is 1.05. The van der Waals surface area contributed by atoms with Crippen LogP contribution in [0, 0.1) is 0 Å². The molecule has 0 saturated carbocycles. The Labute approximate surface area is 87.1 Å². The number of carbonyl (C=O) groups excluding carboxylic acids is 1. The van der Waals surface area contributed by atoms with E-state index in [-0.39, 0.29) is 11.3 Å². The Balaban J connectivity index is 2.58. The summed E-state index contributed by atoms with van der Waals surface area (Å²) >= 11 is 7.24. The van der Waals surface area contributed by atoms with Crippen LogP contribution in [0.25, 0.3) is 0 Å². The molecule has 1 atom stereocenters. The zero-order chi connectivity index (χ0) is 9.84. The molecule has 1 unspecified atom stereocenters. The molecule has 0 aliphatic rings. The van der Waals surface area contributed by atoms with Crippen molar-refractivity contribution in [1.29, 1.82) is 0 Å². The zero-order valence-electron chi connectivity index (χ0n) is 7.66. The maximum Gasteiger partial charge on any atom is 0.263 e. The number of hydrogen-bond donors (Lipinski definition) is 0. The molecule has 2 nitrogen and oxygen atoms in total. The molecule has 0 fully saturated rings. The first-order valence-electron chi connectivity index (χ1n) is 4.04. The van der Waals surface area contributed by atoms with Gasteiger partial charge in [0.1, 0.15) is 0 Å². The molecule has 0 aromatic carbocycles. The largest absolute Gasteiger partial charge is 0.340 e. The van der Waals surface area contributed by atoms with Gasteiger partial charge in [0, 0.05) is 19.0 Å². The van der Waals surface area contributed by atoms with Crippen LogP contribution < -0.4 is 0 Å². The van der Waals surface area contributed by atoms with E-state index >= 15 is 0 Å². The Morgan fingerprint density at radius 1 is 1.77 bits per heavy atom. The molecule has 72 valence electrons. The van der Waals surface area contributed by atoms with E-state index in [9.17, 15) is 4.79 Å². The number of hydrogen-bond acceptors (Lipinski definition) is 2. The summed E-state index contributed by atoms with van der Waals surface area (Å²) in [5, 5.41) is 1.89. The van der Waals surface area contributed by atoms with Crippen molar-refractivity contribution in [3.05, 3.63) is 22.4 Å². The molecule has 1 heterocycles. The quantitative estimate of drug-likeness (QED) is 0.713. The van der Waals surface area contributed by atoms with Gasteiger partial charge in [-0.05, 0) is 18.4 Å². The number of rotatable bonds is 3. The third-order valence-electron chi connectivity index (χ3n) is 1.60. The number of carbonyl (C=O) groups is 1. The van der Waals surface area contributed by atoms with Gasteiger partial charge in [0.2, 0.25) is 0 Å². The van der Waals surface area contributed by atoms with Gasteiger partial charge in [0.25, 0.3) is 5.91 Å². The topological polar surface area (TPSA) is 20.3 Å². The molecule has 0 saturated heterocycles. The van der Waals surface area contributed by atoms with Crippen LogP contribution >= 0.6 is 22.9 Å². The summed E-state index contributed by atoms with van der Waals surface area (Å²) in [6, 6.07) is 3.69. The lowest BCUT2D eigenvalue weighted by Crippen LogP contribution is -2.30. The SMILES string of the molecule is CC(Cl)CN(C)C(=O)c1cccs1. The Morgan fingerprint density at radius 3 is 2.92 bits per heavy atom. The monoisotopic (exact) mass is 217 g/mol. The molecule has 0 N–H and O–H groups in total. The molecule has 0 radical (unpaired) electrons. The first kappa shape index (κ1) is 10.5. The maximum absolute atomic E-state index is 11.6. The summed E-state index contributed by atoms with van der Waals surface area (Å²) in [5.74, 6) is 0.0440. The minimum absolute atomic E-state index is 0.00564. The van der Waals surface area contributed by atoms with Gasteiger partial charge in [0.05, 0.1) is 4.88 Å². The van der Waals surface area contributed by atoms with Crippen molar-refractivity contribution in [3.63, 3.8) is 0 Å². The molecule has 0 aliphatic heterocycles. The molecule has 1 amide bonds. The van der Waals surface area contributed by atoms with Crippen molar-refractivity contribution in [1.82, 2.24) is 4.90 Å². The van der Waals surface area contributed by atoms with E-state index in [1.54, 1.807) is 11.9 Å². The lowest BCUT2D eigenvalue weighted by Gasteiger charge is -2.17. The fourth-order valence-corrected chi connectivity index (χ4v) is 1.97. The standard InChI is InChI=1S/C9H12ClNOS/c1-7(10)6-11(2)9(12)8-4-3-5-13-8/h3-5,7H,6H2,1-2H3. The summed E-state index contributed by atoms with van der Waals surface area (Å²) < 4.78 is 0. The van der Waals surface area contributed by atoms with Crippen molar-refractivity contribution >= 4 is 28.8 Å². The zero-order valence-corrected chi connectivity index (χ0v) is 9.23. The molecule has 13 heavy (non-hydrogen) atoms. The van der Waals surface area contributed by atoms with E-state index in [1.165, 1.54) is 11.3 Å². The van der Waals surface area contributed by atoms with Crippen LogP contribution in [0.15, 0.2) is 17.5 Å². The average molecular weight is 218 g/mol. The van der Waals surface area contributed by atoms with E-state index < -0.39 is 0 Å². The summed E-state index contributed by atoms with van der Waals surface area (Å²) in [7, 11) is 1.76. The maximum atomic E-state index is 11.6. The highest BCUT2D eigenvalue weighted by Gasteiger charge is 2.13. The van der Waals surface area contributed by atoms with E-state index in [0.29, 0.717) is 6.54 Å². The summed E-state index contributed by atoms with van der Waals surface area (Å²) in [4.78, 5) is 14.0. The van der Waals surface area contributed by atoms with Crippen LogP contribution in [-0.4, -0.2) is 29.8 Å². The second-order valence-electron chi connectivity index (χ2n) is 2.94. The van der Waals surface area contributed by atoms with Crippen molar-refractivity contribution < 1.29 is 4.79 Å². The van der Waals surface area contributed by atoms with Crippen molar-refractivity contribution in [2.45, 2.75) is 12.3 Å². The van der Waals surface area contributed by atoms with Gasteiger partial charge in [-0.3, -0.25) is 4.79 Å². The first-order valence-corrected chi connectivity index (χ1v) is 5.36. The average Bonchev–Trinajstić information content (AvgIpc) is 2.53. The molecular formula is C9H12ClNOS. The predicted octanol–water partition coefficient (Wildman–Crippen LogP) is 2.45. The number of thiophene rings is 1. The Morgan fingerprint density at radius 2 is 2.46 bits per heavy atom. The summed E-state index contributed by atoms with van der Waals surface area (Å²) in [5.41, 5.74) is 0. The van der Waals surface area contributed by atoms with Gasteiger partial charge in [-0.2, -0.15) is 0 Å². The van der Waals surface area contributed by atoms with Crippen molar-refractivity contribution in [2.24, 2.45) is 0 Å². The Kier molecular flexibility index (Phi) is 3.75. The number of alkyl halides is 1. The molecular weight excluding hydrogens is 206 g/mol. The van der Waals surface area contributed by atoms with Crippen molar-refractivity contribution in [3.8, 4) is 0 Å². The minimum Gasteiger partial charge on any atom is -0.340 e. The lowest BCUT2D eigenvalue weighted by molar-refractivity contribution is 0.0801. The van der Waals surface area contributed by atoms with E-state index in [0.717, 1.165) is 4.88 Å². The van der Waals surface area contributed by atoms with E-state index in [1.807, 2.05) is 24.4 Å². The van der Waals surface area contributed by atoms with Gasteiger partial charge >= 0.3 is 0 Å². The second-order valence-corrected chi connectivity index (χ2v) is 4.64. The van der Waals surface area contributed by atoms with Gasteiger partial charge in [-0.1, -0.05) is 6.07 Å². The number of amides is 1. The molecule has 4 heteroatoms. The fraction of sp³-hybridized carbons (Fsp3) is 0.444. The Bertz CT molecular complexity index is 271. The molecule has 0 aliphatic carbocycles. The third kappa shape index (κ3) is 3.01. The molecule has 1 aromatic rings. The predicted molar refractivity (Wildman–Crippen MR) is 56.6 cm³/mol.